The lowest BCUT2D eigenvalue weighted by Gasteiger charge is -2.30. The summed E-state index contributed by atoms with van der Waals surface area (Å²) in [6.07, 6.45) is 9.90. The van der Waals surface area contributed by atoms with Gasteiger partial charge in [0.25, 0.3) is 0 Å². The third-order valence-electron chi connectivity index (χ3n) is 4.08. The van der Waals surface area contributed by atoms with E-state index in [0.29, 0.717) is 11.3 Å². The summed E-state index contributed by atoms with van der Waals surface area (Å²) in [5.41, 5.74) is 0. The molecule has 1 heterocycles. The first kappa shape index (κ1) is 13.9. The molecule has 1 aliphatic rings. The molecule has 3 nitrogen and oxygen atoms in total. The first-order valence-corrected chi connectivity index (χ1v) is 7.73. The van der Waals surface area contributed by atoms with Crippen molar-refractivity contribution in [3.63, 3.8) is 0 Å². The van der Waals surface area contributed by atoms with Gasteiger partial charge >= 0.3 is 0 Å². The lowest BCUT2D eigenvalue weighted by molar-refractivity contribution is 0.259. The topological polar surface area (TPSA) is 30.7 Å². The van der Waals surface area contributed by atoms with Crippen LogP contribution in [-0.2, 0) is 6.42 Å². The molecule has 0 saturated heterocycles. The highest BCUT2D eigenvalue weighted by atomic mass is 35.5. The Morgan fingerprint density at radius 2 is 1.83 bits per heavy atom. The lowest BCUT2D eigenvalue weighted by Crippen LogP contribution is -2.20. The molecule has 4 heteroatoms. The van der Waals surface area contributed by atoms with Gasteiger partial charge < -0.3 is 0 Å². The summed E-state index contributed by atoms with van der Waals surface area (Å²) < 4.78 is 2.19. The van der Waals surface area contributed by atoms with E-state index in [-0.39, 0.29) is 0 Å². The number of hydrogen-bond acceptors (Lipinski definition) is 2. The Morgan fingerprint density at radius 1 is 1.11 bits per heavy atom. The van der Waals surface area contributed by atoms with Crippen LogP contribution in [0.15, 0.2) is 0 Å². The molecule has 0 radical (unpaired) electrons. The first-order valence-electron chi connectivity index (χ1n) is 7.35. The van der Waals surface area contributed by atoms with E-state index in [1.807, 2.05) is 0 Å². The average molecular weight is 270 g/mol. The maximum Gasteiger partial charge on any atom is 0.225 e. The zero-order valence-corrected chi connectivity index (χ0v) is 12.3. The summed E-state index contributed by atoms with van der Waals surface area (Å²) >= 11 is 6.20. The van der Waals surface area contributed by atoms with Crippen molar-refractivity contribution in [2.75, 3.05) is 0 Å². The van der Waals surface area contributed by atoms with E-state index in [1.54, 1.807) is 0 Å². The van der Waals surface area contributed by atoms with Gasteiger partial charge in [-0.2, -0.15) is 0 Å². The van der Waals surface area contributed by atoms with E-state index in [2.05, 4.69) is 28.6 Å². The van der Waals surface area contributed by atoms with Gasteiger partial charge in [0.1, 0.15) is 5.82 Å². The van der Waals surface area contributed by atoms with Gasteiger partial charge in [0.05, 0.1) is 0 Å². The van der Waals surface area contributed by atoms with Crippen molar-refractivity contribution in [2.45, 2.75) is 71.3 Å². The Labute approximate surface area is 115 Å². The van der Waals surface area contributed by atoms with Gasteiger partial charge in [-0.15, -0.1) is 10.2 Å². The van der Waals surface area contributed by atoms with Crippen LogP contribution >= 0.6 is 11.6 Å². The van der Waals surface area contributed by atoms with E-state index in [4.69, 9.17) is 11.6 Å². The molecule has 1 aromatic heterocycles. The molecule has 2 rings (SSSR count). The van der Waals surface area contributed by atoms with E-state index >= 15 is 0 Å². The number of nitrogens with zero attached hydrogens (tertiary/aromatic N) is 3. The van der Waals surface area contributed by atoms with Gasteiger partial charge in [0.15, 0.2) is 0 Å². The molecule has 0 aliphatic heterocycles. The molecule has 1 saturated carbocycles. The number of aromatic nitrogens is 3. The number of rotatable bonds is 5. The molecule has 18 heavy (non-hydrogen) atoms. The van der Waals surface area contributed by atoms with E-state index in [0.717, 1.165) is 24.6 Å². The van der Waals surface area contributed by atoms with Crippen molar-refractivity contribution >= 4 is 11.6 Å². The first-order chi connectivity index (χ1) is 8.76. The quantitative estimate of drug-likeness (QED) is 0.792. The van der Waals surface area contributed by atoms with E-state index in [1.165, 1.54) is 38.5 Å². The molecular weight excluding hydrogens is 246 g/mol. The minimum Gasteiger partial charge on any atom is -0.299 e. The van der Waals surface area contributed by atoms with Crippen LogP contribution in [0.5, 0.6) is 0 Å². The Balaban J connectivity index is 2.02. The van der Waals surface area contributed by atoms with Crippen molar-refractivity contribution < 1.29 is 0 Å². The van der Waals surface area contributed by atoms with Crippen molar-refractivity contribution in [1.82, 2.24) is 14.8 Å². The summed E-state index contributed by atoms with van der Waals surface area (Å²) in [6, 6.07) is 0.530. The molecule has 0 spiro atoms. The highest BCUT2D eigenvalue weighted by Gasteiger charge is 2.25. The predicted octanol–water partition coefficient (Wildman–Crippen LogP) is 4.42. The largest absolute Gasteiger partial charge is 0.299 e. The maximum atomic E-state index is 6.20. The van der Waals surface area contributed by atoms with Gasteiger partial charge in [-0.05, 0) is 49.6 Å². The standard InChI is InChI=1S/C14H24ClN3/c1-3-5-11-7-9-12(10-8-11)18-13(6-4-2)16-17-14(18)15/h11-12H,3-10H2,1-2H3. The number of halogens is 1. The normalized spacial score (nSPS) is 24.4. The smallest absolute Gasteiger partial charge is 0.225 e. The summed E-state index contributed by atoms with van der Waals surface area (Å²) in [4.78, 5) is 0. The highest BCUT2D eigenvalue weighted by Crippen LogP contribution is 2.36. The van der Waals surface area contributed by atoms with Crippen molar-refractivity contribution in [2.24, 2.45) is 5.92 Å². The molecule has 0 amide bonds. The molecule has 0 unspecified atom stereocenters. The Kier molecular flexibility index (Phi) is 5.04. The van der Waals surface area contributed by atoms with Crippen LogP contribution in [0.3, 0.4) is 0 Å². The summed E-state index contributed by atoms with van der Waals surface area (Å²) in [6.45, 7) is 4.45. The average Bonchev–Trinajstić information content (AvgIpc) is 2.73. The van der Waals surface area contributed by atoms with Crippen LogP contribution in [0.4, 0.5) is 0 Å². The second-order valence-corrected chi connectivity index (χ2v) is 5.81. The van der Waals surface area contributed by atoms with Crippen molar-refractivity contribution in [3.8, 4) is 0 Å². The minimum atomic E-state index is 0.530. The predicted molar refractivity (Wildman–Crippen MR) is 74.9 cm³/mol. The van der Waals surface area contributed by atoms with Gasteiger partial charge in [-0.3, -0.25) is 4.57 Å². The second kappa shape index (κ2) is 6.55. The summed E-state index contributed by atoms with van der Waals surface area (Å²) in [7, 11) is 0. The minimum absolute atomic E-state index is 0.530. The Hall–Kier alpha value is -0.570. The Morgan fingerprint density at radius 3 is 2.44 bits per heavy atom. The van der Waals surface area contributed by atoms with Crippen LogP contribution < -0.4 is 0 Å². The number of hydrogen-bond donors (Lipinski definition) is 0. The van der Waals surface area contributed by atoms with E-state index < -0.39 is 0 Å². The lowest BCUT2D eigenvalue weighted by atomic mass is 9.83. The molecule has 102 valence electrons. The zero-order chi connectivity index (χ0) is 13.0. The van der Waals surface area contributed by atoms with Gasteiger partial charge in [-0.25, -0.2) is 0 Å². The van der Waals surface area contributed by atoms with Crippen LogP contribution in [0.2, 0.25) is 5.28 Å². The molecule has 0 atom stereocenters. The van der Waals surface area contributed by atoms with Crippen LogP contribution in [0.1, 0.15) is 70.7 Å². The van der Waals surface area contributed by atoms with Crippen molar-refractivity contribution in [3.05, 3.63) is 11.1 Å². The van der Waals surface area contributed by atoms with Gasteiger partial charge in [0.2, 0.25) is 5.28 Å². The molecule has 1 aromatic rings. The van der Waals surface area contributed by atoms with Gasteiger partial charge in [0, 0.05) is 12.5 Å². The SMILES string of the molecule is CCCc1nnc(Cl)n1C1CCC(CCC)CC1. The fraction of sp³-hybridized carbons (Fsp3) is 0.857. The van der Waals surface area contributed by atoms with Crippen LogP contribution in [0.25, 0.3) is 0 Å². The third-order valence-corrected chi connectivity index (χ3v) is 4.33. The highest BCUT2D eigenvalue weighted by molar-refractivity contribution is 6.28. The number of aryl methyl sites for hydroxylation is 1. The maximum absolute atomic E-state index is 6.20. The fourth-order valence-electron chi connectivity index (χ4n) is 3.16. The third kappa shape index (κ3) is 3.05. The van der Waals surface area contributed by atoms with E-state index in [9.17, 15) is 0 Å². The zero-order valence-electron chi connectivity index (χ0n) is 11.5. The summed E-state index contributed by atoms with van der Waals surface area (Å²) in [5, 5.41) is 8.84. The Bertz CT molecular complexity index is 367. The van der Waals surface area contributed by atoms with Crippen LogP contribution in [-0.4, -0.2) is 14.8 Å². The van der Waals surface area contributed by atoms with Crippen molar-refractivity contribution in [1.29, 1.82) is 0 Å². The molecule has 1 fully saturated rings. The second-order valence-electron chi connectivity index (χ2n) is 5.47. The van der Waals surface area contributed by atoms with Gasteiger partial charge in [-0.1, -0.05) is 26.7 Å². The molecule has 0 N–H and O–H groups in total. The molecule has 1 aliphatic carbocycles. The molecule has 0 bridgehead atoms. The fourth-order valence-corrected chi connectivity index (χ4v) is 3.43. The monoisotopic (exact) mass is 269 g/mol. The summed E-state index contributed by atoms with van der Waals surface area (Å²) in [5.74, 6) is 2.00. The van der Waals surface area contributed by atoms with Crippen LogP contribution in [0, 0.1) is 5.92 Å². The molecular formula is C14H24ClN3. The molecule has 0 aromatic carbocycles.